The molecule has 26 heavy (non-hydrogen) atoms. The van der Waals surface area contributed by atoms with Crippen LogP contribution in [0.15, 0.2) is 36.4 Å². The first-order chi connectivity index (χ1) is 12.2. The van der Waals surface area contributed by atoms with E-state index >= 15 is 0 Å². The Morgan fingerprint density at radius 3 is 2.42 bits per heavy atom. The van der Waals surface area contributed by atoms with Crippen molar-refractivity contribution in [2.45, 2.75) is 6.18 Å². The van der Waals surface area contributed by atoms with Crippen molar-refractivity contribution >= 4 is 28.9 Å². The van der Waals surface area contributed by atoms with Crippen molar-refractivity contribution in [1.82, 2.24) is 0 Å². The maximum Gasteiger partial charge on any atom is 0.416 e. The Balaban J connectivity index is 2.06. The van der Waals surface area contributed by atoms with Crippen LogP contribution in [0.4, 0.5) is 24.5 Å². The number of carbonyl (C=O) groups excluding carboxylic acids is 1. The van der Waals surface area contributed by atoms with Gasteiger partial charge in [0.05, 0.1) is 37.0 Å². The van der Waals surface area contributed by atoms with Crippen molar-refractivity contribution in [2.75, 3.05) is 31.4 Å². The van der Waals surface area contributed by atoms with E-state index in [1.165, 1.54) is 32.4 Å². The van der Waals surface area contributed by atoms with Crippen LogP contribution >= 0.6 is 11.6 Å². The zero-order chi connectivity index (χ0) is 19.3. The second-order valence-electron chi connectivity index (χ2n) is 5.17. The number of nitrogens with one attached hydrogen (secondary N) is 2. The number of benzene rings is 2. The Morgan fingerprint density at radius 1 is 1.12 bits per heavy atom. The number of carbonyl (C=O) groups is 1. The summed E-state index contributed by atoms with van der Waals surface area (Å²) in [6, 6.07) is 7.46. The lowest BCUT2D eigenvalue weighted by Crippen LogP contribution is -2.22. The van der Waals surface area contributed by atoms with E-state index in [-0.39, 0.29) is 12.2 Å². The highest BCUT2D eigenvalue weighted by Gasteiger charge is 2.30. The number of hydrogen-bond donors (Lipinski definition) is 2. The summed E-state index contributed by atoms with van der Waals surface area (Å²) in [7, 11) is 2.88. The summed E-state index contributed by atoms with van der Waals surface area (Å²) in [5, 5.41) is 5.57. The van der Waals surface area contributed by atoms with E-state index in [0.717, 1.165) is 12.1 Å². The van der Waals surface area contributed by atoms with E-state index in [2.05, 4.69) is 10.6 Å². The van der Waals surface area contributed by atoms with Gasteiger partial charge in [-0.25, -0.2) is 0 Å². The van der Waals surface area contributed by atoms with Crippen molar-refractivity contribution in [1.29, 1.82) is 0 Å². The molecule has 0 aliphatic heterocycles. The number of anilines is 2. The second kappa shape index (κ2) is 8.18. The Bertz CT molecular complexity index is 797. The zero-order valence-corrected chi connectivity index (χ0v) is 14.7. The third kappa shape index (κ3) is 4.95. The van der Waals surface area contributed by atoms with Crippen molar-refractivity contribution in [3.8, 4) is 11.5 Å². The van der Waals surface area contributed by atoms with Gasteiger partial charge in [0.2, 0.25) is 5.91 Å². The van der Waals surface area contributed by atoms with Gasteiger partial charge in [-0.15, -0.1) is 0 Å². The largest absolute Gasteiger partial charge is 0.495 e. The summed E-state index contributed by atoms with van der Waals surface area (Å²) in [5.41, 5.74) is -0.340. The predicted octanol–water partition coefficient (Wildman–Crippen LogP) is 4.43. The number of methoxy groups -OCH3 is 2. The van der Waals surface area contributed by atoms with Crippen molar-refractivity contribution in [3.63, 3.8) is 0 Å². The number of halogens is 4. The zero-order valence-electron chi connectivity index (χ0n) is 13.9. The van der Waals surface area contributed by atoms with E-state index in [1.807, 2.05) is 0 Å². The van der Waals surface area contributed by atoms with Gasteiger partial charge in [0.25, 0.3) is 0 Å². The second-order valence-corrected chi connectivity index (χ2v) is 5.57. The molecule has 0 heterocycles. The minimum absolute atomic E-state index is 0.0484. The average Bonchev–Trinajstić information content (AvgIpc) is 2.59. The molecule has 0 aliphatic rings. The van der Waals surface area contributed by atoms with Crippen LogP contribution in [-0.2, 0) is 11.0 Å². The number of alkyl halides is 3. The normalized spacial score (nSPS) is 11.0. The molecule has 0 aromatic heterocycles. The molecule has 2 aromatic carbocycles. The van der Waals surface area contributed by atoms with Crippen LogP contribution in [-0.4, -0.2) is 26.7 Å². The molecule has 140 valence electrons. The quantitative estimate of drug-likeness (QED) is 0.768. The Kier molecular flexibility index (Phi) is 6.20. The maximum atomic E-state index is 12.7. The maximum absolute atomic E-state index is 12.7. The van der Waals surface area contributed by atoms with Gasteiger partial charge in [-0.1, -0.05) is 17.7 Å². The molecule has 9 heteroatoms. The SMILES string of the molecule is COc1cc(NCC(=O)Nc2cccc(C(F)(F)F)c2)c(OC)cc1Cl. The van der Waals surface area contributed by atoms with Crippen LogP contribution in [0, 0.1) is 0 Å². The van der Waals surface area contributed by atoms with Crippen LogP contribution in [0.2, 0.25) is 5.02 Å². The molecule has 2 rings (SSSR count). The predicted molar refractivity (Wildman–Crippen MR) is 93.1 cm³/mol. The monoisotopic (exact) mass is 388 g/mol. The fourth-order valence-electron chi connectivity index (χ4n) is 2.15. The molecule has 0 aliphatic carbocycles. The number of hydrogen-bond acceptors (Lipinski definition) is 4. The summed E-state index contributed by atoms with van der Waals surface area (Å²) in [6.45, 7) is -0.197. The van der Waals surface area contributed by atoms with Crippen LogP contribution < -0.4 is 20.1 Å². The van der Waals surface area contributed by atoms with Crippen molar-refractivity contribution < 1.29 is 27.4 Å². The Labute approximate surface area is 153 Å². The molecule has 0 radical (unpaired) electrons. The Morgan fingerprint density at radius 2 is 1.81 bits per heavy atom. The molecular weight excluding hydrogens is 373 g/mol. The van der Waals surface area contributed by atoms with Gasteiger partial charge in [0, 0.05) is 17.8 Å². The first kappa shape index (κ1) is 19.7. The highest BCUT2D eigenvalue weighted by molar-refractivity contribution is 6.32. The third-order valence-corrected chi connectivity index (χ3v) is 3.68. The minimum atomic E-state index is -4.48. The topological polar surface area (TPSA) is 59.6 Å². The van der Waals surface area contributed by atoms with Crippen LogP contribution in [0.1, 0.15) is 5.56 Å². The van der Waals surface area contributed by atoms with Crippen LogP contribution in [0.25, 0.3) is 0 Å². The summed E-state index contributed by atoms with van der Waals surface area (Å²) < 4.78 is 48.4. The summed E-state index contributed by atoms with van der Waals surface area (Å²) in [6.07, 6.45) is -4.48. The highest BCUT2D eigenvalue weighted by atomic mass is 35.5. The minimum Gasteiger partial charge on any atom is -0.495 e. The summed E-state index contributed by atoms with van der Waals surface area (Å²) >= 11 is 6.00. The summed E-state index contributed by atoms with van der Waals surface area (Å²) in [5.74, 6) is 0.246. The first-order valence-corrected chi connectivity index (χ1v) is 7.75. The molecule has 0 saturated heterocycles. The lowest BCUT2D eigenvalue weighted by Gasteiger charge is -2.14. The van der Waals surface area contributed by atoms with E-state index in [4.69, 9.17) is 21.1 Å². The summed E-state index contributed by atoms with van der Waals surface area (Å²) in [4.78, 5) is 12.0. The van der Waals surface area contributed by atoms with E-state index in [9.17, 15) is 18.0 Å². The molecule has 0 saturated carbocycles. The highest BCUT2D eigenvalue weighted by Crippen LogP contribution is 2.35. The molecule has 0 spiro atoms. The third-order valence-electron chi connectivity index (χ3n) is 3.39. The molecule has 1 amide bonds. The van der Waals surface area contributed by atoms with Crippen LogP contribution in [0.3, 0.4) is 0 Å². The molecule has 5 nitrogen and oxygen atoms in total. The molecular formula is C17H16ClF3N2O3. The molecule has 2 N–H and O–H groups in total. The van der Waals surface area contributed by atoms with Gasteiger partial charge in [-0.3, -0.25) is 4.79 Å². The molecule has 0 atom stereocenters. The van der Waals surface area contributed by atoms with Crippen molar-refractivity contribution in [2.24, 2.45) is 0 Å². The van der Waals surface area contributed by atoms with Gasteiger partial charge in [-0.05, 0) is 18.2 Å². The molecule has 0 fully saturated rings. The fourth-order valence-corrected chi connectivity index (χ4v) is 2.38. The standard InChI is InChI=1S/C17H16ClF3N2O3/c1-25-14-8-13(15(26-2)7-12(14)18)22-9-16(24)23-11-5-3-4-10(6-11)17(19,20)21/h3-8,22H,9H2,1-2H3,(H,23,24). The van der Waals surface area contributed by atoms with Crippen LogP contribution in [0.5, 0.6) is 11.5 Å². The fraction of sp³-hybridized carbons (Fsp3) is 0.235. The smallest absolute Gasteiger partial charge is 0.416 e. The molecule has 2 aromatic rings. The molecule has 0 bridgehead atoms. The average molecular weight is 389 g/mol. The lowest BCUT2D eigenvalue weighted by molar-refractivity contribution is -0.137. The van der Waals surface area contributed by atoms with Gasteiger partial charge < -0.3 is 20.1 Å². The van der Waals surface area contributed by atoms with Gasteiger partial charge in [0.1, 0.15) is 11.5 Å². The number of ether oxygens (including phenoxy) is 2. The van der Waals surface area contributed by atoms with E-state index in [1.54, 1.807) is 6.07 Å². The van der Waals surface area contributed by atoms with E-state index < -0.39 is 17.6 Å². The first-order valence-electron chi connectivity index (χ1n) is 7.37. The number of amides is 1. The Hall–Kier alpha value is -2.61. The lowest BCUT2D eigenvalue weighted by atomic mass is 10.2. The van der Waals surface area contributed by atoms with Gasteiger partial charge in [0.15, 0.2) is 0 Å². The van der Waals surface area contributed by atoms with Crippen molar-refractivity contribution in [3.05, 3.63) is 47.0 Å². The van der Waals surface area contributed by atoms with Gasteiger partial charge in [-0.2, -0.15) is 13.2 Å². The molecule has 0 unspecified atom stereocenters. The van der Waals surface area contributed by atoms with Gasteiger partial charge >= 0.3 is 6.18 Å². The number of rotatable bonds is 6. The van der Waals surface area contributed by atoms with E-state index in [0.29, 0.717) is 22.2 Å².